The van der Waals surface area contributed by atoms with Gasteiger partial charge in [0.15, 0.2) is 0 Å². The molecule has 2 aromatic rings. The van der Waals surface area contributed by atoms with E-state index < -0.39 is 0 Å². The standard InChI is InChI=1S/C21H26Cl/c1-15(2)19-7-5-6-8-21(19)20(16(3)4)14-11-17-9-12-18(22)13-10-17/h5-10,12-13,15-16H,11,14H2,1-4H3. The Morgan fingerprint density at radius 2 is 1.55 bits per heavy atom. The van der Waals surface area contributed by atoms with Gasteiger partial charge in [-0.05, 0) is 53.5 Å². The van der Waals surface area contributed by atoms with Crippen molar-refractivity contribution in [1.29, 1.82) is 0 Å². The molecule has 0 aliphatic carbocycles. The van der Waals surface area contributed by atoms with Crippen LogP contribution in [0.5, 0.6) is 0 Å². The van der Waals surface area contributed by atoms with E-state index in [1.807, 2.05) is 12.1 Å². The third kappa shape index (κ3) is 4.36. The van der Waals surface area contributed by atoms with Gasteiger partial charge in [0.05, 0.1) is 0 Å². The second-order valence-corrected chi connectivity index (χ2v) is 6.98. The molecule has 0 fully saturated rings. The molecule has 1 radical (unpaired) electrons. The molecule has 0 spiro atoms. The second kappa shape index (κ2) is 7.83. The molecular weight excluding hydrogens is 288 g/mol. The molecule has 2 rings (SSSR count). The fraction of sp³-hybridized carbons (Fsp3) is 0.381. The minimum atomic E-state index is 0.556. The van der Waals surface area contributed by atoms with Gasteiger partial charge < -0.3 is 0 Å². The van der Waals surface area contributed by atoms with Crippen LogP contribution >= 0.6 is 11.6 Å². The highest BCUT2D eigenvalue weighted by Gasteiger charge is 2.20. The van der Waals surface area contributed by atoms with Crippen LogP contribution in [0.3, 0.4) is 0 Å². The summed E-state index contributed by atoms with van der Waals surface area (Å²) in [5, 5.41) is 0.807. The highest BCUT2D eigenvalue weighted by atomic mass is 35.5. The Morgan fingerprint density at radius 3 is 2.14 bits per heavy atom. The lowest BCUT2D eigenvalue weighted by Gasteiger charge is -2.25. The summed E-state index contributed by atoms with van der Waals surface area (Å²) >= 11 is 5.97. The highest BCUT2D eigenvalue weighted by molar-refractivity contribution is 6.30. The normalized spacial score (nSPS) is 11.6. The third-order valence-corrected chi connectivity index (χ3v) is 4.47. The Balaban J connectivity index is 2.18. The van der Waals surface area contributed by atoms with Gasteiger partial charge in [0.2, 0.25) is 0 Å². The summed E-state index contributed by atoms with van der Waals surface area (Å²) in [6, 6.07) is 17.1. The van der Waals surface area contributed by atoms with Crippen LogP contribution in [0.15, 0.2) is 48.5 Å². The van der Waals surface area contributed by atoms with Gasteiger partial charge in [0, 0.05) is 10.9 Å². The summed E-state index contributed by atoms with van der Waals surface area (Å²) in [5.74, 6) is 2.67. The van der Waals surface area contributed by atoms with Crippen LogP contribution in [0.1, 0.15) is 56.7 Å². The van der Waals surface area contributed by atoms with Gasteiger partial charge in [-0.1, -0.05) is 75.7 Å². The maximum atomic E-state index is 5.97. The first-order chi connectivity index (χ1) is 10.5. The van der Waals surface area contributed by atoms with Gasteiger partial charge in [-0.15, -0.1) is 0 Å². The molecule has 0 aliphatic rings. The predicted molar refractivity (Wildman–Crippen MR) is 97.5 cm³/mol. The van der Waals surface area contributed by atoms with E-state index in [9.17, 15) is 0 Å². The van der Waals surface area contributed by atoms with E-state index in [1.54, 1.807) is 5.92 Å². The lowest BCUT2D eigenvalue weighted by atomic mass is 9.79. The highest BCUT2D eigenvalue weighted by Crippen LogP contribution is 2.33. The molecule has 2 aromatic carbocycles. The van der Waals surface area contributed by atoms with Crippen molar-refractivity contribution >= 4 is 11.6 Å². The summed E-state index contributed by atoms with van der Waals surface area (Å²) in [6.07, 6.45) is 2.17. The summed E-state index contributed by atoms with van der Waals surface area (Å²) < 4.78 is 0. The molecule has 0 nitrogen and oxygen atoms in total. The molecule has 1 heteroatoms. The number of benzene rings is 2. The Kier molecular flexibility index (Phi) is 6.08. The fourth-order valence-electron chi connectivity index (χ4n) is 2.96. The quantitative estimate of drug-likeness (QED) is 0.558. The molecule has 22 heavy (non-hydrogen) atoms. The van der Waals surface area contributed by atoms with Gasteiger partial charge >= 0.3 is 0 Å². The van der Waals surface area contributed by atoms with Crippen molar-refractivity contribution in [3.8, 4) is 0 Å². The number of halogens is 1. The number of hydrogen-bond donors (Lipinski definition) is 0. The molecule has 0 aromatic heterocycles. The lowest BCUT2D eigenvalue weighted by Crippen LogP contribution is -2.12. The molecule has 0 unspecified atom stereocenters. The van der Waals surface area contributed by atoms with E-state index in [4.69, 9.17) is 11.6 Å². The van der Waals surface area contributed by atoms with Crippen LogP contribution in [0.25, 0.3) is 0 Å². The Hall–Kier alpha value is -1.27. The summed E-state index contributed by atoms with van der Waals surface area (Å²) in [6.45, 7) is 9.15. The first kappa shape index (κ1) is 17.1. The third-order valence-electron chi connectivity index (χ3n) is 4.22. The van der Waals surface area contributed by atoms with Crippen molar-refractivity contribution < 1.29 is 0 Å². The van der Waals surface area contributed by atoms with Crippen LogP contribution in [-0.2, 0) is 6.42 Å². The first-order valence-electron chi connectivity index (χ1n) is 8.18. The van der Waals surface area contributed by atoms with Gasteiger partial charge in [0.1, 0.15) is 0 Å². The minimum absolute atomic E-state index is 0.556. The van der Waals surface area contributed by atoms with Crippen LogP contribution in [0, 0.1) is 11.8 Å². The lowest BCUT2D eigenvalue weighted by molar-refractivity contribution is 0.619. The maximum absolute atomic E-state index is 5.97. The van der Waals surface area contributed by atoms with Crippen LogP contribution < -0.4 is 0 Å². The predicted octanol–water partition coefficient (Wildman–Crippen LogP) is 6.67. The summed E-state index contributed by atoms with van der Waals surface area (Å²) in [5.41, 5.74) is 4.26. The molecule has 0 aliphatic heterocycles. The molecule has 0 heterocycles. The maximum Gasteiger partial charge on any atom is 0.0406 e. The van der Waals surface area contributed by atoms with Gasteiger partial charge in [0.25, 0.3) is 0 Å². The second-order valence-electron chi connectivity index (χ2n) is 6.55. The van der Waals surface area contributed by atoms with E-state index in [0.717, 1.165) is 17.9 Å². The average molecular weight is 314 g/mol. The zero-order chi connectivity index (χ0) is 16.1. The monoisotopic (exact) mass is 313 g/mol. The molecule has 117 valence electrons. The van der Waals surface area contributed by atoms with Gasteiger partial charge in [-0.2, -0.15) is 0 Å². The number of hydrogen-bond acceptors (Lipinski definition) is 0. The van der Waals surface area contributed by atoms with E-state index in [0.29, 0.717) is 11.8 Å². The van der Waals surface area contributed by atoms with E-state index in [-0.39, 0.29) is 0 Å². The average Bonchev–Trinajstić information content (AvgIpc) is 2.49. The largest absolute Gasteiger partial charge is 0.0843 e. The van der Waals surface area contributed by atoms with E-state index in [1.165, 1.54) is 16.7 Å². The zero-order valence-electron chi connectivity index (χ0n) is 14.1. The van der Waals surface area contributed by atoms with Crippen molar-refractivity contribution in [2.45, 2.75) is 46.5 Å². The molecule has 0 amide bonds. The Morgan fingerprint density at radius 1 is 0.909 bits per heavy atom. The van der Waals surface area contributed by atoms with Crippen LogP contribution in [0.4, 0.5) is 0 Å². The smallest absolute Gasteiger partial charge is 0.0406 e. The zero-order valence-corrected chi connectivity index (χ0v) is 14.8. The fourth-order valence-corrected chi connectivity index (χ4v) is 3.08. The molecule has 0 N–H and O–H groups in total. The Labute approximate surface area is 140 Å². The van der Waals surface area contributed by atoms with E-state index >= 15 is 0 Å². The summed E-state index contributed by atoms with van der Waals surface area (Å²) in [7, 11) is 0. The van der Waals surface area contributed by atoms with Crippen molar-refractivity contribution in [3.05, 3.63) is 76.2 Å². The van der Waals surface area contributed by atoms with Crippen LogP contribution in [0.2, 0.25) is 5.02 Å². The van der Waals surface area contributed by atoms with Gasteiger partial charge in [-0.25, -0.2) is 0 Å². The van der Waals surface area contributed by atoms with Crippen molar-refractivity contribution in [2.24, 2.45) is 5.92 Å². The molecular formula is C21H26Cl. The SMILES string of the molecule is CC(C)[C](CCc1ccc(Cl)cc1)c1ccccc1C(C)C. The van der Waals surface area contributed by atoms with Crippen molar-refractivity contribution in [2.75, 3.05) is 0 Å². The Bertz CT molecular complexity index is 581. The first-order valence-corrected chi connectivity index (χ1v) is 8.56. The molecule has 0 saturated carbocycles. The number of rotatable bonds is 6. The van der Waals surface area contributed by atoms with Crippen molar-refractivity contribution in [1.82, 2.24) is 0 Å². The number of aryl methyl sites for hydroxylation is 1. The van der Waals surface area contributed by atoms with Crippen LogP contribution in [-0.4, -0.2) is 0 Å². The molecule has 0 atom stereocenters. The van der Waals surface area contributed by atoms with Crippen molar-refractivity contribution in [3.63, 3.8) is 0 Å². The van der Waals surface area contributed by atoms with E-state index in [2.05, 4.69) is 64.1 Å². The topological polar surface area (TPSA) is 0 Å². The minimum Gasteiger partial charge on any atom is -0.0843 e. The summed E-state index contributed by atoms with van der Waals surface area (Å²) in [4.78, 5) is 0. The van der Waals surface area contributed by atoms with Gasteiger partial charge in [-0.3, -0.25) is 0 Å². The molecule has 0 saturated heterocycles. The molecule has 0 bridgehead atoms.